The molecule has 0 radical (unpaired) electrons. The van der Waals surface area contributed by atoms with E-state index in [2.05, 4.69) is 36.5 Å². The second-order valence-corrected chi connectivity index (χ2v) is 3.61. The molecule has 0 fully saturated rings. The first-order valence-electron chi connectivity index (χ1n) is 5.14. The van der Waals surface area contributed by atoms with Crippen LogP contribution in [0.5, 0.6) is 0 Å². The summed E-state index contributed by atoms with van der Waals surface area (Å²) in [6, 6.07) is 12.3. The first-order valence-corrected chi connectivity index (χ1v) is 5.14. The second kappa shape index (κ2) is 4.80. The molecule has 2 nitrogen and oxygen atoms in total. The van der Waals surface area contributed by atoms with E-state index in [-0.39, 0.29) is 0 Å². The molecule has 0 saturated carbocycles. The van der Waals surface area contributed by atoms with Crippen molar-refractivity contribution < 1.29 is 4.42 Å². The minimum absolute atomic E-state index is 0.779. The molecule has 1 heterocycles. The van der Waals surface area contributed by atoms with E-state index in [4.69, 9.17) is 4.42 Å². The summed E-state index contributed by atoms with van der Waals surface area (Å²) >= 11 is 0. The van der Waals surface area contributed by atoms with Gasteiger partial charge in [-0.3, -0.25) is 0 Å². The number of furan rings is 1. The third kappa shape index (κ3) is 2.70. The van der Waals surface area contributed by atoms with Crippen molar-refractivity contribution in [3.63, 3.8) is 0 Å². The number of nitrogens with one attached hydrogen (secondary N) is 1. The molecule has 1 aromatic heterocycles. The van der Waals surface area contributed by atoms with Crippen LogP contribution < -0.4 is 5.32 Å². The van der Waals surface area contributed by atoms with Crippen molar-refractivity contribution in [2.45, 2.75) is 20.0 Å². The van der Waals surface area contributed by atoms with Gasteiger partial charge in [0.25, 0.3) is 0 Å². The van der Waals surface area contributed by atoms with Crippen LogP contribution in [0.1, 0.15) is 16.9 Å². The van der Waals surface area contributed by atoms with Crippen molar-refractivity contribution >= 4 is 0 Å². The standard InChI is InChI=1S/C13H15NO/c1-11-5-2-3-6-12(11)9-14-10-13-7-4-8-15-13/h2-8,14H,9-10H2,1H3. The van der Waals surface area contributed by atoms with E-state index < -0.39 is 0 Å². The van der Waals surface area contributed by atoms with Crippen LogP contribution in [0.15, 0.2) is 47.1 Å². The molecule has 0 aliphatic rings. The van der Waals surface area contributed by atoms with Crippen molar-refractivity contribution in [2.75, 3.05) is 0 Å². The van der Waals surface area contributed by atoms with Gasteiger partial charge in [-0.15, -0.1) is 0 Å². The maximum atomic E-state index is 5.24. The highest BCUT2D eigenvalue weighted by atomic mass is 16.3. The Morgan fingerprint density at radius 2 is 1.93 bits per heavy atom. The Hall–Kier alpha value is -1.54. The molecule has 0 amide bonds. The van der Waals surface area contributed by atoms with E-state index in [1.807, 2.05) is 12.1 Å². The first kappa shape index (κ1) is 9.99. The van der Waals surface area contributed by atoms with Crippen molar-refractivity contribution in [1.82, 2.24) is 5.32 Å². The summed E-state index contributed by atoms with van der Waals surface area (Å²) in [5.74, 6) is 0.976. The van der Waals surface area contributed by atoms with Gasteiger partial charge in [-0.1, -0.05) is 24.3 Å². The minimum Gasteiger partial charge on any atom is -0.468 e. The van der Waals surface area contributed by atoms with Crippen LogP contribution in [0.2, 0.25) is 0 Å². The molecule has 2 rings (SSSR count). The lowest BCUT2D eigenvalue weighted by Crippen LogP contribution is -2.12. The summed E-state index contributed by atoms with van der Waals surface area (Å²) in [5, 5.41) is 3.35. The third-order valence-corrected chi connectivity index (χ3v) is 2.46. The molecular formula is C13H15NO. The van der Waals surface area contributed by atoms with Crippen LogP contribution in [0.4, 0.5) is 0 Å². The fraction of sp³-hybridized carbons (Fsp3) is 0.231. The molecule has 0 unspecified atom stereocenters. The molecule has 0 aliphatic carbocycles. The summed E-state index contributed by atoms with van der Waals surface area (Å²) in [4.78, 5) is 0. The number of rotatable bonds is 4. The lowest BCUT2D eigenvalue weighted by Gasteiger charge is -2.05. The van der Waals surface area contributed by atoms with Gasteiger partial charge in [-0.25, -0.2) is 0 Å². The van der Waals surface area contributed by atoms with Crippen molar-refractivity contribution in [3.8, 4) is 0 Å². The second-order valence-electron chi connectivity index (χ2n) is 3.61. The summed E-state index contributed by atoms with van der Waals surface area (Å²) in [6.45, 7) is 3.79. The Bertz CT molecular complexity index is 406. The van der Waals surface area contributed by atoms with E-state index in [1.165, 1.54) is 11.1 Å². The maximum absolute atomic E-state index is 5.24. The fourth-order valence-corrected chi connectivity index (χ4v) is 1.54. The predicted molar refractivity (Wildman–Crippen MR) is 60.4 cm³/mol. The van der Waals surface area contributed by atoms with E-state index in [9.17, 15) is 0 Å². The monoisotopic (exact) mass is 201 g/mol. The molecule has 0 saturated heterocycles. The lowest BCUT2D eigenvalue weighted by molar-refractivity contribution is 0.483. The van der Waals surface area contributed by atoms with E-state index >= 15 is 0 Å². The molecule has 15 heavy (non-hydrogen) atoms. The van der Waals surface area contributed by atoms with Crippen molar-refractivity contribution in [1.29, 1.82) is 0 Å². The van der Waals surface area contributed by atoms with Gasteiger partial charge in [0.2, 0.25) is 0 Å². The molecule has 2 aromatic rings. The molecule has 1 aromatic carbocycles. The van der Waals surface area contributed by atoms with E-state index in [0.29, 0.717) is 0 Å². The number of benzene rings is 1. The lowest BCUT2D eigenvalue weighted by atomic mass is 10.1. The third-order valence-electron chi connectivity index (χ3n) is 2.46. The smallest absolute Gasteiger partial charge is 0.117 e. The maximum Gasteiger partial charge on any atom is 0.117 e. The average Bonchev–Trinajstić information content (AvgIpc) is 2.74. The van der Waals surface area contributed by atoms with Gasteiger partial charge >= 0.3 is 0 Å². The van der Waals surface area contributed by atoms with Gasteiger partial charge in [0.15, 0.2) is 0 Å². The molecule has 2 heteroatoms. The van der Waals surface area contributed by atoms with Crippen LogP contribution in [0, 0.1) is 6.92 Å². The highest BCUT2D eigenvalue weighted by Crippen LogP contribution is 2.07. The Morgan fingerprint density at radius 1 is 1.07 bits per heavy atom. The summed E-state index contributed by atoms with van der Waals surface area (Å²) < 4.78 is 5.24. The van der Waals surface area contributed by atoms with Gasteiger partial charge in [0.1, 0.15) is 5.76 Å². The number of hydrogen-bond donors (Lipinski definition) is 1. The zero-order valence-electron chi connectivity index (χ0n) is 8.86. The largest absolute Gasteiger partial charge is 0.468 e. The van der Waals surface area contributed by atoms with Crippen LogP contribution in [0.25, 0.3) is 0 Å². The Morgan fingerprint density at radius 3 is 2.67 bits per heavy atom. The van der Waals surface area contributed by atoms with Gasteiger partial charge in [-0.2, -0.15) is 0 Å². The SMILES string of the molecule is Cc1ccccc1CNCc1ccco1. The number of aryl methyl sites for hydroxylation is 1. The first-order chi connectivity index (χ1) is 7.36. The molecule has 0 bridgehead atoms. The molecule has 0 aliphatic heterocycles. The molecular weight excluding hydrogens is 186 g/mol. The average molecular weight is 201 g/mol. The Balaban J connectivity index is 1.86. The molecule has 78 valence electrons. The van der Waals surface area contributed by atoms with Crippen LogP contribution >= 0.6 is 0 Å². The highest BCUT2D eigenvalue weighted by molar-refractivity contribution is 5.25. The molecule has 0 atom stereocenters. The zero-order chi connectivity index (χ0) is 10.5. The van der Waals surface area contributed by atoms with Crippen molar-refractivity contribution in [3.05, 3.63) is 59.5 Å². The van der Waals surface area contributed by atoms with Gasteiger partial charge in [0.05, 0.1) is 12.8 Å². The van der Waals surface area contributed by atoms with Gasteiger partial charge < -0.3 is 9.73 Å². The predicted octanol–water partition coefficient (Wildman–Crippen LogP) is 2.88. The van der Waals surface area contributed by atoms with Crippen molar-refractivity contribution in [2.24, 2.45) is 0 Å². The summed E-state index contributed by atoms with van der Waals surface area (Å²) in [7, 11) is 0. The highest BCUT2D eigenvalue weighted by Gasteiger charge is 1.97. The Kier molecular flexibility index (Phi) is 3.20. The topological polar surface area (TPSA) is 25.2 Å². The number of hydrogen-bond acceptors (Lipinski definition) is 2. The normalized spacial score (nSPS) is 10.5. The summed E-state index contributed by atoms with van der Waals surface area (Å²) in [5.41, 5.74) is 2.66. The molecule has 1 N–H and O–H groups in total. The van der Waals surface area contributed by atoms with E-state index in [1.54, 1.807) is 6.26 Å². The van der Waals surface area contributed by atoms with E-state index in [0.717, 1.165) is 18.8 Å². The van der Waals surface area contributed by atoms with Gasteiger partial charge in [0, 0.05) is 6.54 Å². The van der Waals surface area contributed by atoms with Crippen LogP contribution in [0.3, 0.4) is 0 Å². The fourth-order valence-electron chi connectivity index (χ4n) is 1.54. The van der Waals surface area contributed by atoms with Crippen LogP contribution in [-0.4, -0.2) is 0 Å². The molecule has 0 spiro atoms. The zero-order valence-corrected chi connectivity index (χ0v) is 8.86. The summed E-state index contributed by atoms with van der Waals surface area (Å²) in [6.07, 6.45) is 1.70. The Labute approximate surface area is 89.9 Å². The quantitative estimate of drug-likeness (QED) is 0.822. The van der Waals surface area contributed by atoms with Gasteiger partial charge in [-0.05, 0) is 30.2 Å². The minimum atomic E-state index is 0.779. The van der Waals surface area contributed by atoms with Crippen LogP contribution in [-0.2, 0) is 13.1 Å².